The van der Waals surface area contributed by atoms with E-state index in [-0.39, 0.29) is 53.3 Å². The van der Waals surface area contributed by atoms with Crippen molar-refractivity contribution in [3.8, 4) is 22.9 Å². The number of hydrogen-bond acceptors (Lipinski definition) is 8. The van der Waals surface area contributed by atoms with Gasteiger partial charge in [-0.3, -0.25) is 9.97 Å². The largest absolute Gasteiger partial charge is 4.00 e. The van der Waals surface area contributed by atoms with Crippen molar-refractivity contribution in [3.63, 3.8) is 0 Å². The van der Waals surface area contributed by atoms with E-state index >= 15 is 0 Å². The van der Waals surface area contributed by atoms with Gasteiger partial charge >= 0.3 is 18.6 Å². The molecule has 0 spiro atoms. The molecule has 0 saturated carbocycles. The maximum atomic E-state index is 11.6. The van der Waals surface area contributed by atoms with Crippen molar-refractivity contribution in [3.05, 3.63) is 70.0 Å². The van der Waals surface area contributed by atoms with Crippen LogP contribution in [0.5, 0.6) is 11.5 Å². The van der Waals surface area contributed by atoms with Crippen molar-refractivity contribution in [2.45, 2.75) is 12.2 Å². The van der Waals surface area contributed by atoms with Crippen LogP contribution in [0.4, 0.5) is 0 Å². The van der Waals surface area contributed by atoms with E-state index in [1.54, 1.807) is 12.4 Å². The van der Waals surface area contributed by atoms with Gasteiger partial charge in [-0.25, -0.2) is 0 Å². The summed E-state index contributed by atoms with van der Waals surface area (Å²) < 4.78 is 11.2. The molecule has 33 heavy (non-hydrogen) atoms. The van der Waals surface area contributed by atoms with Crippen LogP contribution in [0.3, 0.4) is 0 Å². The summed E-state index contributed by atoms with van der Waals surface area (Å²) >= 11 is 3.21. The molecule has 2 aromatic heterocycles. The summed E-state index contributed by atoms with van der Waals surface area (Å²) in [6.45, 7) is 0. The van der Waals surface area contributed by atoms with Crippen LogP contribution >= 0.6 is 15.9 Å². The molecule has 3 aromatic rings. The monoisotopic (exact) mass is 548 g/mol. The van der Waals surface area contributed by atoms with Crippen molar-refractivity contribution in [1.82, 2.24) is 9.97 Å². The molecule has 0 amide bonds. The van der Waals surface area contributed by atoms with Gasteiger partial charge in [0.25, 0.3) is 0 Å². The molecule has 10 nitrogen and oxygen atoms in total. The molecule has 1 fully saturated rings. The first kappa shape index (κ1) is 26.3. The molecule has 2 aliphatic rings. The van der Waals surface area contributed by atoms with Gasteiger partial charge < -0.3 is 30.9 Å². The van der Waals surface area contributed by atoms with E-state index < -0.39 is 6.02 Å². The number of methoxy groups -OCH3 is 1. The van der Waals surface area contributed by atoms with E-state index in [1.165, 1.54) is 30.4 Å². The van der Waals surface area contributed by atoms with Crippen molar-refractivity contribution in [1.29, 1.82) is 0 Å². The number of nitrogens with two attached hydrogens (primary N) is 1. The van der Waals surface area contributed by atoms with Gasteiger partial charge in [-0.1, -0.05) is 33.8 Å². The Labute approximate surface area is 209 Å². The molecule has 167 valence electrons. The first-order valence-electron chi connectivity index (χ1n) is 9.13. The van der Waals surface area contributed by atoms with Gasteiger partial charge in [-0.15, -0.1) is 5.10 Å². The maximum absolute atomic E-state index is 11.6. The van der Waals surface area contributed by atoms with Gasteiger partial charge in [0, 0.05) is 28.0 Å². The van der Waals surface area contributed by atoms with E-state index in [9.17, 15) is 10.2 Å². The zero-order valence-corrected chi connectivity index (χ0v) is 20.1. The van der Waals surface area contributed by atoms with E-state index in [4.69, 9.17) is 15.2 Å². The van der Waals surface area contributed by atoms with Gasteiger partial charge in [0.05, 0.1) is 30.7 Å². The number of halogens is 1. The molecule has 5 rings (SSSR count). The Morgan fingerprint density at radius 1 is 1.15 bits per heavy atom. The predicted molar refractivity (Wildman–Crippen MR) is 114 cm³/mol. The zero-order valence-electron chi connectivity index (χ0n) is 17.1. The molecule has 0 bridgehead atoms. The normalized spacial score (nSPS) is 17.2. The average Bonchev–Trinajstić information content (AvgIpc) is 3.58. The fourth-order valence-corrected chi connectivity index (χ4v) is 3.71. The Balaban J connectivity index is 0.000000220. The Hall–Kier alpha value is -2.96. The van der Waals surface area contributed by atoms with Crippen LogP contribution in [0.15, 0.2) is 63.5 Å². The van der Waals surface area contributed by atoms with Crippen LogP contribution in [0.1, 0.15) is 28.9 Å². The summed E-state index contributed by atoms with van der Waals surface area (Å²) in [4.78, 5) is 8.79. The summed E-state index contributed by atoms with van der Waals surface area (Å²) in [5.74, 6) is -0.163. The number of ether oxygens (including phenoxy) is 2. The van der Waals surface area contributed by atoms with Crippen molar-refractivity contribution in [2.24, 2.45) is 15.9 Å². The summed E-state index contributed by atoms with van der Waals surface area (Å²) in [5, 5.41) is 28.4. The number of rotatable bonds is 3. The number of nitrogens with zero attached hydrogens (tertiary/aromatic N) is 4. The number of amidine groups is 1. The van der Waals surface area contributed by atoms with Gasteiger partial charge in [0.15, 0.2) is 0 Å². The predicted octanol–water partition coefficient (Wildman–Crippen LogP) is 1.69. The van der Waals surface area contributed by atoms with Crippen LogP contribution in [-0.4, -0.2) is 29.3 Å². The number of hydrogen-bond donors (Lipinski definition) is 1. The van der Waals surface area contributed by atoms with Crippen LogP contribution < -0.4 is 20.7 Å². The number of epoxide rings is 1. The average molecular weight is 549 g/mol. The number of fused-ring (bicyclic) bond motifs is 6. The molecule has 1 aliphatic heterocycles. The standard InChI is InChI=1S/C12H8N2O.C9H10BrN3O3.O.V/c1-3-7-9(13-5-1)10-8(4-2-6-14-10)12-11(7)15-12;1-16-7-3-6(10)2-5(8(7)14)4-12-13-9(11)15;;/h1-6,11-12H;2-4,14H,1H3,(H3,11,13,15);;/q;;-2;+4/p-2/b;12-4+;;. The second-order valence-electron chi connectivity index (χ2n) is 6.57. The minimum atomic E-state index is -0.925. The summed E-state index contributed by atoms with van der Waals surface area (Å²) in [6.07, 6.45) is 5.18. The maximum Gasteiger partial charge on any atom is 4.00 e. The van der Waals surface area contributed by atoms with Crippen LogP contribution in [-0.2, 0) is 28.8 Å². The number of pyridine rings is 2. The summed E-state index contributed by atoms with van der Waals surface area (Å²) in [7, 11) is 1.39. The molecule has 1 saturated heterocycles. The molecule has 3 heterocycles. The van der Waals surface area contributed by atoms with E-state index in [0.717, 1.165) is 17.6 Å². The minimum absolute atomic E-state index is 0. The Kier molecular flexibility index (Phi) is 8.97. The molecule has 1 aliphatic carbocycles. The van der Waals surface area contributed by atoms with E-state index in [2.05, 4.69) is 48.2 Å². The smallest absolute Gasteiger partial charge is 2.00 e. The zero-order chi connectivity index (χ0) is 22.0. The molecular formula is C21H16BrN5O5V. The Morgan fingerprint density at radius 2 is 1.73 bits per heavy atom. The molecule has 2 atom stereocenters. The van der Waals surface area contributed by atoms with Crippen LogP contribution in [0.2, 0.25) is 0 Å². The topological polar surface area (TPSA) is 173 Å². The van der Waals surface area contributed by atoms with Crippen molar-refractivity contribution >= 4 is 28.2 Å². The fraction of sp³-hybridized carbons (Fsp3) is 0.143. The second-order valence-corrected chi connectivity index (χ2v) is 7.48. The third-order valence-corrected chi connectivity index (χ3v) is 5.09. The van der Waals surface area contributed by atoms with Crippen LogP contribution in [0, 0.1) is 0 Å². The van der Waals surface area contributed by atoms with Crippen molar-refractivity contribution < 1.29 is 43.7 Å². The molecular weight excluding hydrogens is 533 g/mol. The third kappa shape index (κ3) is 5.70. The van der Waals surface area contributed by atoms with Gasteiger partial charge in [0.2, 0.25) is 0 Å². The summed E-state index contributed by atoms with van der Waals surface area (Å²) in [6, 6.07) is 10.2. The number of benzene rings is 1. The fourth-order valence-electron chi connectivity index (χ4n) is 3.26. The van der Waals surface area contributed by atoms with Gasteiger partial charge in [-0.05, 0) is 29.8 Å². The van der Waals surface area contributed by atoms with Crippen molar-refractivity contribution in [2.75, 3.05) is 7.11 Å². The van der Waals surface area contributed by atoms with Gasteiger partial charge in [-0.2, -0.15) is 5.10 Å². The first-order valence-corrected chi connectivity index (χ1v) is 9.92. The Morgan fingerprint density at radius 3 is 2.24 bits per heavy atom. The van der Waals surface area contributed by atoms with E-state index in [1.807, 2.05) is 12.1 Å². The van der Waals surface area contributed by atoms with Crippen LogP contribution in [0.25, 0.3) is 11.4 Å². The second kappa shape index (κ2) is 11.3. The molecule has 1 aromatic carbocycles. The molecule has 2 N–H and O–H groups in total. The molecule has 12 heteroatoms. The summed E-state index contributed by atoms with van der Waals surface area (Å²) in [5.41, 5.74) is 9.30. The Bertz CT molecular complexity index is 1140. The minimum Gasteiger partial charge on any atom is -2.00 e. The quantitative estimate of drug-likeness (QED) is 0.224. The third-order valence-electron chi connectivity index (χ3n) is 4.63. The number of aromatic nitrogens is 2. The first-order chi connectivity index (χ1) is 15.0. The SMILES string of the molecule is COc1cc(Br)cc(/C=N/N=C(/N)[O-])c1[O-].[O-2].[V+4].c1cnc2c(c1)C1OC1c1cccnc1-2. The molecule has 2 unspecified atom stereocenters. The van der Waals surface area contributed by atoms with Gasteiger partial charge in [0.1, 0.15) is 18.0 Å². The van der Waals surface area contributed by atoms with E-state index in [0.29, 0.717) is 4.47 Å². The molecule has 1 radical (unpaired) electrons.